The summed E-state index contributed by atoms with van der Waals surface area (Å²) in [5.74, 6) is 8.56. The Labute approximate surface area is 258 Å². The zero-order chi connectivity index (χ0) is 28.7. The minimum absolute atomic E-state index is 0.142. The molecule has 0 saturated heterocycles. The molecule has 2 aliphatic rings. The Morgan fingerprint density at radius 1 is 0.700 bits per heavy atom. The van der Waals surface area contributed by atoms with Gasteiger partial charge in [0, 0.05) is 53.6 Å². The van der Waals surface area contributed by atoms with Gasteiger partial charge in [-0.1, -0.05) is 45.6 Å². The number of carbonyl (C=O) groups is 1. The number of rotatable bonds is 18. The third-order valence-electron chi connectivity index (χ3n) is 6.79. The van der Waals surface area contributed by atoms with Gasteiger partial charge in [-0.25, -0.2) is 4.58 Å². The van der Waals surface area contributed by atoms with Crippen molar-refractivity contribution in [1.29, 1.82) is 0 Å². The predicted molar refractivity (Wildman–Crippen MR) is 183 cm³/mol. The molecule has 0 unspecified atom stereocenters. The second-order valence-corrected chi connectivity index (χ2v) is 14.8. The summed E-state index contributed by atoms with van der Waals surface area (Å²) in [4.78, 5) is 15.6. The molecule has 4 nitrogen and oxygen atoms in total. The van der Waals surface area contributed by atoms with E-state index in [1.807, 2.05) is 71.3 Å². The van der Waals surface area contributed by atoms with E-state index in [2.05, 4.69) is 61.5 Å². The summed E-state index contributed by atoms with van der Waals surface area (Å²) in [6.45, 7) is 12.8. The summed E-state index contributed by atoms with van der Waals surface area (Å²) in [6.07, 6.45) is 8.00. The first-order valence-corrected chi connectivity index (χ1v) is 19.0. The van der Waals surface area contributed by atoms with Crippen molar-refractivity contribution in [2.75, 3.05) is 77.1 Å². The first kappa shape index (κ1) is 33.0. The van der Waals surface area contributed by atoms with Crippen LogP contribution < -0.4 is 10.0 Å². The van der Waals surface area contributed by atoms with Crippen LogP contribution in [0.5, 0.6) is 0 Å². The largest absolute Gasteiger partial charge is 0.871 e. The quantitative estimate of drug-likeness (QED) is 0.113. The monoisotopic (exact) mass is 616 g/mol. The van der Waals surface area contributed by atoms with Crippen LogP contribution >= 0.6 is 47.0 Å². The van der Waals surface area contributed by atoms with Gasteiger partial charge in [0.15, 0.2) is 24.6 Å². The van der Waals surface area contributed by atoms with Gasteiger partial charge < -0.3 is 10.0 Å². The molecular weight excluding hydrogens is 573 g/mol. The number of allylic oxidation sites excluding steroid dienone is 7. The van der Waals surface area contributed by atoms with Crippen molar-refractivity contribution in [3.63, 3.8) is 0 Å². The Balaban J connectivity index is 1.76. The molecule has 40 heavy (non-hydrogen) atoms. The van der Waals surface area contributed by atoms with Gasteiger partial charge in [0.25, 0.3) is 0 Å². The van der Waals surface area contributed by atoms with Crippen LogP contribution in [0.15, 0.2) is 65.5 Å². The lowest BCUT2D eigenvalue weighted by Gasteiger charge is -2.32. The topological polar surface area (TPSA) is 46.4 Å². The fourth-order valence-corrected chi connectivity index (χ4v) is 7.16. The Morgan fingerprint density at radius 3 is 1.68 bits per heavy atom. The number of Topliss-reactive ketones (excluding diaryl/α,β-unsaturated/α-hetero) is 1. The second kappa shape index (κ2) is 18.1. The van der Waals surface area contributed by atoms with Crippen molar-refractivity contribution in [3.05, 3.63) is 71.0 Å². The highest BCUT2D eigenvalue weighted by Gasteiger charge is 2.30. The molecule has 3 rings (SSSR count). The standard InChI is InChI=1S/C32H44N2O2S4/c1-5-37-21-17-33(18-22-38-6-2)27-13-9-25(10-14-27)29-31(35)30(32(29)36)26-11-15-28(16-12-26)34(19-23-39-7-3)20-24-40-8-4/h9-16H,5-8,17-24H2,1-4H3. The zero-order valence-corrected chi connectivity index (χ0v) is 27.7. The number of thioether (sulfide) groups is 4. The van der Waals surface area contributed by atoms with Crippen molar-refractivity contribution in [1.82, 2.24) is 0 Å². The van der Waals surface area contributed by atoms with Crippen LogP contribution in [0, 0.1) is 0 Å². The van der Waals surface area contributed by atoms with Crippen LogP contribution in [-0.4, -0.2) is 88.3 Å². The average Bonchev–Trinajstić information content (AvgIpc) is 2.97. The SMILES string of the molecule is CCSCCN(CCSCC)c1ccc(C2=C([O-])C(=C3C=CC(=[N+](CCSCC)CCSCC)C=C3)C2=O)cc1. The van der Waals surface area contributed by atoms with E-state index >= 15 is 0 Å². The summed E-state index contributed by atoms with van der Waals surface area (Å²) >= 11 is 7.81. The Hall–Kier alpha value is -1.48. The molecule has 0 atom stereocenters. The molecule has 0 aromatic heterocycles. The molecule has 1 aromatic rings. The fraction of sp³-hybridized carbons (Fsp3) is 0.500. The van der Waals surface area contributed by atoms with Gasteiger partial charge in [0.2, 0.25) is 0 Å². The molecule has 0 radical (unpaired) electrons. The molecule has 0 spiro atoms. The van der Waals surface area contributed by atoms with Gasteiger partial charge in [0.05, 0.1) is 11.5 Å². The van der Waals surface area contributed by atoms with E-state index in [0.29, 0.717) is 11.1 Å². The Bertz CT molecular complexity index is 1100. The van der Waals surface area contributed by atoms with Gasteiger partial charge in [-0.2, -0.15) is 47.0 Å². The molecule has 0 amide bonds. The summed E-state index contributed by atoms with van der Waals surface area (Å²) in [7, 11) is 0. The summed E-state index contributed by atoms with van der Waals surface area (Å²) in [6, 6.07) is 8.00. The van der Waals surface area contributed by atoms with Crippen LogP contribution in [-0.2, 0) is 4.79 Å². The van der Waals surface area contributed by atoms with E-state index in [-0.39, 0.29) is 11.5 Å². The first-order valence-electron chi connectivity index (χ1n) is 14.4. The van der Waals surface area contributed by atoms with Gasteiger partial charge in [-0.15, -0.1) is 0 Å². The van der Waals surface area contributed by atoms with E-state index in [1.54, 1.807) is 0 Å². The van der Waals surface area contributed by atoms with Gasteiger partial charge in [-0.3, -0.25) is 4.79 Å². The lowest BCUT2D eigenvalue weighted by molar-refractivity contribution is -0.516. The van der Waals surface area contributed by atoms with Crippen molar-refractivity contribution in [2.45, 2.75) is 27.7 Å². The van der Waals surface area contributed by atoms with Crippen molar-refractivity contribution >= 4 is 69.8 Å². The minimum Gasteiger partial charge on any atom is -0.871 e. The molecule has 0 saturated carbocycles. The van der Waals surface area contributed by atoms with Crippen LogP contribution in [0.1, 0.15) is 33.3 Å². The fourth-order valence-electron chi connectivity index (χ4n) is 4.61. The molecule has 8 heteroatoms. The number of anilines is 1. The van der Waals surface area contributed by atoms with Crippen LogP contribution in [0.2, 0.25) is 0 Å². The molecule has 1 aromatic carbocycles. The highest BCUT2D eigenvalue weighted by atomic mass is 32.2. The number of hydrogen-bond acceptors (Lipinski definition) is 7. The molecular formula is C32H44N2O2S4. The molecule has 0 aliphatic heterocycles. The molecule has 0 bridgehead atoms. The smallest absolute Gasteiger partial charge is 0.199 e. The molecule has 2 aliphatic carbocycles. The Kier molecular flexibility index (Phi) is 15.0. The van der Waals surface area contributed by atoms with Crippen molar-refractivity contribution < 1.29 is 14.5 Å². The zero-order valence-electron chi connectivity index (χ0n) is 24.4. The van der Waals surface area contributed by atoms with Crippen LogP contribution in [0.3, 0.4) is 0 Å². The van der Waals surface area contributed by atoms with E-state index in [0.717, 1.165) is 94.7 Å². The molecule has 0 N–H and O–H groups in total. The summed E-state index contributed by atoms with van der Waals surface area (Å²) < 4.78 is 2.41. The number of nitrogens with zero attached hydrogens (tertiary/aromatic N) is 2. The predicted octanol–water partition coefficient (Wildman–Crippen LogP) is 6.04. The summed E-state index contributed by atoms with van der Waals surface area (Å²) in [5, 5.41) is 13.2. The lowest BCUT2D eigenvalue weighted by atomic mass is 9.80. The third kappa shape index (κ3) is 9.27. The van der Waals surface area contributed by atoms with E-state index < -0.39 is 0 Å². The van der Waals surface area contributed by atoms with Crippen LogP contribution in [0.4, 0.5) is 5.69 Å². The number of hydrogen-bond donors (Lipinski definition) is 0. The number of carbonyl (C=O) groups excluding carboxylic acids is 1. The number of benzene rings is 1. The minimum atomic E-state index is -0.142. The van der Waals surface area contributed by atoms with Gasteiger partial charge in [0.1, 0.15) is 0 Å². The van der Waals surface area contributed by atoms with E-state index in [1.165, 1.54) is 0 Å². The maximum absolute atomic E-state index is 13.2. The second-order valence-electron chi connectivity index (χ2n) is 9.26. The molecule has 218 valence electrons. The third-order valence-corrected chi connectivity index (χ3v) is 10.3. The van der Waals surface area contributed by atoms with Gasteiger partial charge in [-0.05, 0) is 58.4 Å². The maximum atomic E-state index is 13.2. The molecule has 0 heterocycles. The maximum Gasteiger partial charge on any atom is 0.199 e. The first-order chi connectivity index (χ1) is 19.5. The van der Waals surface area contributed by atoms with Crippen molar-refractivity contribution in [2.24, 2.45) is 0 Å². The van der Waals surface area contributed by atoms with E-state index in [4.69, 9.17) is 0 Å². The van der Waals surface area contributed by atoms with Crippen LogP contribution in [0.25, 0.3) is 5.57 Å². The van der Waals surface area contributed by atoms with Gasteiger partial charge >= 0.3 is 0 Å². The lowest BCUT2D eigenvalue weighted by Crippen LogP contribution is -2.31. The average molecular weight is 617 g/mol. The summed E-state index contributed by atoms with van der Waals surface area (Å²) in [5.41, 5.74) is 4.37. The molecule has 0 fully saturated rings. The number of ketones is 1. The van der Waals surface area contributed by atoms with E-state index in [9.17, 15) is 9.90 Å². The highest BCUT2D eigenvalue weighted by Crippen LogP contribution is 2.37. The van der Waals surface area contributed by atoms with Crippen molar-refractivity contribution in [3.8, 4) is 0 Å². The highest BCUT2D eigenvalue weighted by molar-refractivity contribution is 7.99. The Morgan fingerprint density at radius 2 is 1.20 bits per heavy atom. The normalized spacial score (nSPS) is 14.8.